The average molecular weight is 377 g/mol. The molecule has 9 heteroatoms. The highest BCUT2D eigenvalue weighted by Crippen LogP contribution is 2.25. The summed E-state index contributed by atoms with van der Waals surface area (Å²) in [5.74, 6) is 0. The number of hydrogen-bond donors (Lipinski definition) is 0. The number of benzene rings is 2. The Bertz CT molecular complexity index is 820. The quantitative estimate of drug-likeness (QED) is 0.586. The van der Waals surface area contributed by atoms with E-state index in [0.29, 0.717) is 11.6 Å². The molecular weight excluding hydrogens is 360 g/mol. The number of hydrogen-bond acceptors (Lipinski definition) is 6. The first-order chi connectivity index (χ1) is 12.4. The largest absolute Gasteiger partial charge is 0.369 e. The minimum atomic E-state index is -0.424. The zero-order valence-corrected chi connectivity index (χ0v) is 14.6. The van der Waals surface area contributed by atoms with Crippen LogP contribution in [0.3, 0.4) is 0 Å². The standard InChI is InChI=1S/C17H17ClN4O4/c18-17-6-5-16(22(25)26)11-13(17)12-19-7-9-20(10-8-19)14-1-3-15(4-2-14)21(23)24/h1-6,11H,7-10,12H2. The van der Waals surface area contributed by atoms with E-state index in [1.54, 1.807) is 18.2 Å². The number of nitrogens with zero attached hydrogens (tertiary/aromatic N) is 4. The van der Waals surface area contributed by atoms with E-state index in [0.717, 1.165) is 37.4 Å². The molecule has 0 amide bonds. The average Bonchev–Trinajstić information content (AvgIpc) is 2.64. The van der Waals surface area contributed by atoms with Gasteiger partial charge in [0.2, 0.25) is 0 Å². The van der Waals surface area contributed by atoms with E-state index in [1.807, 2.05) is 0 Å². The normalized spacial score (nSPS) is 15.0. The predicted molar refractivity (Wildman–Crippen MR) is 98.7 cm³/mol. The van der Waals surface area contributed by atoms with Gasteiger partial charge in [0.15, 0.2) is 0 Å². The second-order valence-electron chi connectivity index (χ2n) is 6.07. The lowest BCUT2D eigenvalue weighted by molar-refractivity contribution is -0.385. The van der Waals surface area contributed by atoms with Crippen LogP contribution in [0, 0.1) is 20.2 Å². The van der Waals surface area contributed by atoms with Crippen molar-refractivity contribution in [2.45, 2.75) is 6.54 Å². The first kappa shape index (κ1) is 18.1. The maximum Gasteiger partial charge on any atom is 0.269 e. The molecule has 2 aromatic carbocycles. The summed E-state index contributed by atoms with van der Waals surface area (Å²) in [7, 11) is 0. The van der Waals surface area contributed by atoms with Crippen LogP contribution in [0.2, 0.25) is 5.02 Å². The van der Waals surface area contributed by atoms with Crippen molar-refractivity contribution in [3.05, 3.63) is 73.3 Å². The lowest BCUT2D eigenvalue weighted by atomic mass is 10.1. The molecule has 1 heterocycles. The van der Waals surface area contributed by atoms with Gasteiger partial charge in [0, 0.05) is 67.7 Å². The smallest absolute Gasteiger partial charge is 0.269 e. The summed E-state index contributed by atoms with van der Waals surface area (Å²) in [6, 6.07) is 11.0. The molecule has 1 aliphatic rings. The number of nitro groups is 2. The fourth-order valence-corrected chi connectivity index (χ4v) is 3.16. The first-order valence-electron chi connectivity index (χ1n) is 8.08. The lowest BCUT2D eigenvalue weighted by Crippen LogP contribution is -2.46. The number of non-ortho nitro benzene ring substituents is 2. The zero-order valence-electron chi connectivity index (χ0n) is 13.9. The van der Waals surface area contributed by atoms with Crippen molar-refractivity contribution < 1.29 is 9.85 Å². The maximum atomic E-state index is 10.9. The van der Waals surface area contributed by atoms with E-state index in [4.69, 9.17) is 11.6 Å². The van der Waals surface area contributed by atoms with E-state index in [-0.39, 0.29) is 11.4 Å². The molecule has 0 saturated carbocycles. The van der Waals surface area contributed by atoms with Crippen molar-refractivity contribution in [3.8, 4) is 0 Å². The lowest BCUT2D eigenvalue weighted by Gasteiger charge is -2.36. The fourth-order valence-electron chi connectivity index (χ4n) is 2.99. The van der Waals surface area contributed by atoms with Gasteiger partial charge in [-0.15, -0.1) is 0 Å². The van der Waals surface area contributed by atoms with Gasteiger partial charge >= 0.3 is 0 Å². The molecule has 0 aliphatic carbocycles. The summed E-state index contributed by atoms with van der Waals surface area (Å²) >= 11 is 6.17. The molecule has 0 spiro atoms. The molecule has 0 unspecified atom stereocenters. The Kier molecular flexibility index (Phi) is 5.34. The molecule has 8 nitrogen and oxygen atoms in total. The summed E-state index contributed by atoms with van der Waals surface area (Å²) < 4.78 is 0. The Morgan fingerprint density at radius 3 is 2.04 bits per heavy atom. The molecule has 1 saturated heterocycles. The van der Waals surface area contributed by atoms with Gasteiger partial charge in [0.25, 0.3) is 11.4 Å². The van der Waals surface area contributed by atoms with E-state index in [9.17, 15) is 20.2 Å². The second kappa shape index (κ2) is 7.67. The molecule has 26 heavy (non-hydrogen) atoms. The molecule has 1 fully saturated rings. The van der Waals surface area contributed by atoms with E-state index in [2.05, 4.69) is 9.80 Å². The van der Waals surface area contributed by atoms with Crippen molar-refractivity contribution in [2.24, 2.45) is 0 Å². The van der Waals surface area contributed by atoms with E-state index in [1.165, 1.54) is 24.3 Å². The monoisotopic (exact) mass is 376 g/mol. The number of anilines is 1. The van der Waals surface area contributed by atoms with Crippen molar-refractivity contribution >= 4 is 28.7 Å². The Hall–Kier alpha value is -2.71. The molecule has 0 radical (unpaired) electrons. The zero-order chi connectivity index (χ0) is 18.7. The first-order valence-corrected chi connectivity index (χ1v) is 8.46. The summed E-state index contributed by atoms with van der Waals surface area (Å²) in [4.78, 5) is 25.2. The van der Waals surface area contributed by atoms with Crippen LogP contribution in [-0.2, 0) is 6.54 Å². The molecule has 136 valence electrons. The Labute approximate surface area is 154 Å². The number of halogens is 1. The topological polar surface area (TPSA) is 92.8 Å². The van der Waals surface area contributed by atoms with Gasteiger partial charge in [-0.1, -0.05) is 11.6 Å². The van der Waals surface area contributed by atoms with Crippen LogP contribution in [-0.4, -0.2) is 40.9 Å². The molecule has 1 aliphatic heterocycles. The van der Waals surface area contributed by atoms with Crippen LogP contribution >= 0.6 is 11.6 Å². The highest BCUT2D eigenvalue weighted by molar-refractivity contribution is 6.31. The van der Waals surface area contributed by atoms with Crippen LogP contribution in [0.25, 0.3) is 0 Å². The minimum absolute atomic E-state index is 0.0360. The second-order valence-corrected chi connectivity index (χ2v) is 6.48. The van der Waals surface area contributed by atoms with Crippen LogP contribution in [0.15, 0.2) is 42.5 Å². The number of piperazine rings is 1. The van der Waals surface area contributed by atoms with Crippen molar-refractivity contribution in [2.75, 3.05) is 31.1 Å². The molecule has 0 aromatic heterocycles. The van der Waals surface area contributed by atoms with Gasteiger partial charge in [0.05, 0.1) is 9.85 Å². The molecule has 2 aromatic rings. The Morgan fingerprint density at radius 2 is 1.46 bits per heavy atom. The summed E-state index contributed by atoms with van der Waals surface area (Å²) in [5, 5.41) is 22.2. The summed E-state index contributed by atoms with van der Waals surface area (Å²) in [5.41, 5.74) is 1.80. The van der Waals surface area contributed by atoms with Gasteiger partial charge in [-0.25, -0.2) is 0 Å². The van der Waals surface area contributed by atoms with Gasteiger partial charge in [0.1, 0.15) is 0 Å². The number of nitro benzene ring substituents is 2. The van der Waals surface area contributed by atoms with Crippen LogP contribution in [0.5, 0.6) is 0 Å². The highest BCUT2D eigenvalue weighted by Gasteiger charge is 2.20. The highest BCUT2D eigenvalue weighted by atomic mass is 35.5. The molecule has 0 bridgehead atoms. The van der Waals surface area contributed by atoms with Gasteiger partial charge in [-0.2, -0.15) is 0 Å². The van der Waals surface area contributed by atoms with Crippen LogP contribution in [0.4, 0.5) is 17.1 Å². The SMILES string of the molecule is O=[N+]([O-])c1ccc(N2CCN(Cc3cc([N+](=O)[O-])ccc3Cl)CC2)cc1. The fraction of sp³-hybridized carbons (Fsp3) is 0.294. The molecule has 0 atom stereocenters. The third-order valence-electron chi connectivity index (χ3n) is 4.43. The Morgan fingerprint density at radius 1 is 0.885 bits per heavy atom. The van der Waals surface area contributed by atoms with Crippen LogP contribution in [0.1, 0.15) is 5.56 Å². The van der Waals surface area contributed by atoms with Crippen LogP contribution < -0.4 is 4.90 Å². The minimum Gasteiger partial charge on any atom is -0.369 e. The molecule has 3 rings (SSSR count). The Balaban J connectivity index is 1.61. The molecular formula is C17H17ClN4O4. The van der Waals surface area contributed by atoms with Crippen molar-refractivity contribution in [3.63, 3.8) is 0 Å². The third kappa shape index (κ3) is 4.09. The summed E-state index contributed by atoms with van der Waals surface area (Å²) in [6.45, 7) is 3.63. The number of rotatable bonds is 5. The van der Waals surface area contributed by atoms with Crippen molar-refractivity contribution in [1.29, 1.82) is 0 Å². The molecule has 0 N–H and O–H groups in total. The van der Waals surface area contributed by atoms with Gasteiger partial charge in [-0.05, 0) is 23.8 Å². The van der Waals surface area contributed by atoms with Gasteiger partial charge < -0.3 is 4.90 Å². The third-order valence-corrected chi connectivity index (χ3v) is 4.80. The van der Waals surface area contributed by atoms with E-state index < -0.39 is 9.85 Å². The van der Waals surface area contributed by atoms with Gasteiger partial charge in [-0.3, -0.25) is 25.1 Å². The predicted octanol–water partition coefficient (Wildman–Crippen LogP) is 3.48. The maximum absolute atomic E-state index is 10.9. The van der Waals surface area contributed by atoms with Crippen molar-refractivity contribution in [1.82, 2.24) is 4.90 Å². The summed E-state index contributed by atoms with van der Waals surface area (Å²) in [6.07, 6.45) is 0. The van der Waals surface area contributed by atoms with E-state index >= 15 is 0 Å².